The van der Waals surface area contributed by atoms with Crippen molar-refractivity contribution >= 4 is 5.97 Å². The van der Waals surface area contributed by atoms with E-state index < -0.39 is 5.97 Å². The van der Waals surface area contributed by atoms with Crippen molar-refractivity contribution in [2.45, 2.75) is 39.2 Å². The minimum atomic E-state index is -0.744. The lowest BCUT2D eigenvalue weighted by molar-refractivity contribution is -0.137. The van der Waals surface area contributed by atoms with Gasteiger partial charge in [-0.2, -0.15) is 0 Å². The molecule has 0 aromatic heterocycles. The van der Waals surface area contributed by atoms with Crippen molar-refractivity contribution in [1.29, 1.82) is 0 Å². The van der Waals surface area contributed by atoms with Crippen LogP contribution in [0.25, 0.3) is 0 Å². The quantitative estimate of drug-likeness (QED) is 0.674. The molecule has 1 rings (SSSR count). The second-order valence-corrected chi connectivity index (χ2v) is 4.59. The van der Waals surface area contributed by atoms with Gasteiger partial charge in [-0.3, -0.25) is 4.79 Å². The van der Waals surface area contributed by atoms with Crippen molar-refractivity contribution in [3.8, 4) is 5.75 Å². The largest absolute Gasteiger partial charge is 0.494 e. The van der Waals surface area contributed by atoms with Gasteiger partial charge in [-0.15, -0.1) is 0 Å². The zero-order valence-electron chi connectivity index (χ0n) is 11.7. The van der Waals surface area contributed by atoms with Crippen LogP contribution < -0.4 is 10.1 Å². The fraction of sp³-hybridized carbons (Fsp3) is 0.533. The molecule has 0 amide bonds. The summed E-state index contributed by atoms with van der Waals surface area (Å²) in [6, 6.07) is 8.25. The summed E-state index contributed by atoms with van der Waals surface area (Å²) < 4.78 is 5.53. The van der Waals surface area contributed by atoms with E-state index in [4.69, 9.17) is 9.84 Å². The molecule has 19 heavy (non-hydrogen) atoms. The fourth-order valence-corrected chi connectivity index (χ4v) is 1.75. The number of carboxylic acid groups (broad SMARTS) is 1. The Bertz CT molecular complexity index is 375. The Kier molecular flexibility index (Phi) is 6.97. The van der Waals surface area contributed by atoms with E-state index in [0.717, 1.165) is 18.8 Å². The first-order chi connectivity index (χ1) is 9.13. The summed E-state index contributed by atoms with van der Waals surface area (Å²) in [5.41, 5.74) is 1.18. The molecule has 1 atom stereocenters. The smallest absolute Gasteiger partial charge is 0.303 e. The van der Waals surface area contributed by atoms with Crippen molar-refractivity contribution < 1.29 is 14.6 Å². The monoisotopic (exact) mass is 265 g/mol. The van der Waals surface area contributed by atoms with E-state index in [1.807, 2.05) is 24.3 Å². The van der Waals surface area contributed by atoms with Gasteiger partial charge in [0.05, 0.1) is 6.61 Å². The normalized spacial score (nSPS) is 12.1. The van der Waals surface area contributed by atoms with Gasteiger partial charge in [-0.25, -0.2) is 0 Å². The fourth-order valence-electron chi connectivity index (χ4n) is 1.75. The number of carbonyl (C=O) groups is 1. The zero-order chi connectivity index (χ0) is 14.1. The predicted molar refractivity (Wildman–Crippen MR) is 75.5 cm³/mol. The number of carboxylic acids is 1. The molecule has 2 N–H and O–H groups in total. The van der Waals surface area contributed by atoms with Gasteiger partial charge in [0, 0.05) is 12.5 Å². The summed E-state index contributed by atoms with van der Waals surface area (Å²) in [7, 11) is 0. The third-order valence-corrected chi connectivity index (χ3v) is 2.87. The SMILES string of the molecule is CCCOc1ccc(C(C)NCCCC(=O)O)cc1. The highest BCUT2D eigenvalue weighted by Gasteiger charge is 2.05. The number of aliphatic carboxylic acids is 1. The maximum Gasteiger partial charge on any atom is 0.303 e. The van der Waals surface area contributed by atoms with Crippen molar-refractivity contribution in [3.05, 3.63) is 29.8 Å². The molecule has 0 bridgehead atoms. The molecule has 0 aliphatic heterocycles. The Morgan fingerprint density at radius 3 is 2.63 bits per heavy atom. The molecule has 0 spiro atoms. The Labute approximate surface area is 114 Å². The van der Waals surface area contributed by atoms with Gasteiger partial charge in [-0.1, -0.05) is 19.1 Å². The van der Waals surface area contributed by atoms with Crippen LogP contribution in [0.3, 0.4) is 0 Å². The van der Waals surface area contributed by atoms with Crippen LogP contribution in [0.1, 0.15) is 44.7 Å². The highest BCUT2D eigenvalue weighted by molar-refractivity contribution is 5.66. The minimum Gasteiger partial charge on any atom is -0.494 e. The Morgan fingerprint density at radius 1 is 1.37 bits per heavy atom. The Morgan fingerprint density at radius 2 is 2.05 bits per heavy atom. The minimum absolute atomic E-state index is 0.212. The van der Waals surface area contributed by atoms with E-state index >= 15 is 0 Å². The Balaban J connectivity index is 2.35. The maximum atomic E-state index is 10.4. The first-order valence-electron chi connectivity index (χ1n) is 6.81. The molecule has 0 fully saturated rings. The summed E-state index contributed by atoms with van der Waals surface area (Å²) in [6.45, 7) is 5.60. The van der Waals surface area contributed by atoms with E-state index in [0.29, 0.717) is 13.0 Å². The topological polar surface area (TPSA) is 58.6 Å². The molecule has 4 heteroatoms. The number of hydrogen-bond acceptors (Lipinski definition) is 3. The summed E-state index contributed by atoms with van der Waals surface area (Å²) in [5, 5.41) is 11.9. The van der Waals surface area contributed by atoms with Crippen molar-refractivity contribution in [2.24, 2.45) is 0 Å². The lowest BCUT2D eigenvalue weighted by Gasteiger charge is -2.14. The van der Waals surface area contributed by atoms with Crippen molar-refractivity contribution in [2.75, 3.05) is 13.2 Å². The molecule has 1 aromatic rings. The van der Waals surface area contributed by atoms with E-state index in [9.17, 15) is 4.79 Å². The second-order valence-electron chi connectivity index (χ2n) is 4.59. The molecular formula is C15H23NO3. The van der Waals surface area contributed by atoms with Crippen LogP contribution >= 0.6 is 0 Å². The molecule has 106 valence electrons. The van der Waals surface area contributed by atoms with Gasteiger partial charge in [0.15, 0.2) is 0 Å². The molecule has 4 nitrogen and oxygen atoms in total. The van der Waals surface area contributed by atoms with E-state index in [1.54, 1.807) is 0 Å². The molecule has 0 saturated carbocycles. The van der Waals surface area contributed by atoms with Crippen LogP contribution in [-0.4, -0.2) is 24.2 Å². The maximum absolute atomic E-state index is 10.4. The third-order valence-electron chi connectivity index (χ3n) is 2.87. The standard InChI is InChI=1S/C15H23NO3/c1-3-11-19-14-8-6-13(7-9-14)12(2)16-10-4-5-15(17)18/h6-9,12,16H,3-5,10-11H2,1-2H3,(H,17,18). The molecule has 0 aliphatic rings. The van der Waals surface area contributed by atoms with Crippen LogP contribution in [0.2, 0.25) is 0 Å². The highest BCUT2D eigenvalue weighted by Crippen LogP contribution is 2.17. The summed E-state index contributed by atoms with van der Waals surface area (Å²) in [5.74, 6) is 0.149. The molecule has 1 unspecified atom stereocenters. The average molecular weight is 265 g/mol. The van der Waals surface area contributed by atoms with Crippen LogP contribution in [-0.2, 0) is 4.79 Å². The third kappa shape index (κ3) is 6.25. The molecular weight excluding hydrogens is 242 g/mol. The van der Waals surface area contributed by atoms with Gasteiger partial charge in [-0.05, 0) is 44.0 Å². The van der Waals surface area contributed by atoms with Crippen LogP contribution in [0, 0.1) is 0 Å². The Hall–Kier alpha value is -1.55. The van der Waals surface area contributed by atoms with Gasteiger partial charge in [0.2, 0.25) is 0 Å². The predicted octanol–water partition coefficient (Wildman–Crippen LogP) is 2.99. The summed E-state index contributed by atoms with van der Waals surface area (Å²) in [4.78, 5) is 10.4. The highest BCUT2D eigenvalue weighted by atomic mass is 16.5. The average Bonchev–Trinajstić information content (AvgIpc) is 2.41. The lowest BCUT2D eigenvalue weighted by atomic mass is 10.1. The molecule has 0 radical (unpaired) electrons. The van der Waals surface area contributed by atoms with Crippen molar-refractivity contribution in [1.82, 2.24) is 5.32 Å². The van der Waals surface area contributed by atoms with Gasteiger partial charge in [0.1, 0.15) is 5.75 Å². The van der Waals surface area contributed by atoms with Gasteiger partial charge >= 0.3 is 5.97 Å². The van der Waals surface area contributed by atoms with Crippen LogP contribution in [0.5, 0.6) is 5.75 Å². The second kappa shape index (κ2) is 8.53. The molecule has 0 heterocycles. The van der Waals surface area contributed by atoms with Gasteiger partial charge in [0.25, 0.3) is 0 Å². The zero-order valence-corrected chi connectivity index (χ0v) is 11.7. The van der Waals surface area contributed by atoms with E-state index in [-0.39, 0.29) is 12.5 Å². The van der Waals surface area contributed by atoms with Crippen LogP contribution in [0.4, 0.5) is 0 Å². The first-order valence-corrected chi connectivity index (χ1v) is 6.81. The van der Waals surface area contributed by atoms with E-state index in [2.05, 4.69) is 19.2 Å². The first kappa shape index (κ1) is 15.5. The molecule has 1 aromatic carbocycles. The lowest BCUT2D eigenvalue weighted by Crippen LogP contribution is -2.20. The van der Waals surface area contributed by atoms with Crippen LogP contribution in [0.15, 0.2) is 24.3 Å². The number of nitrogens with one attached hydrogen (secondary N) is 1. The molecule has 0 aliphatic carbocycles. The summed E-state index contributed by atoms with van der Waals surface area (Å²) in [6.07, 6.45) is 1.87. The summed E-state index contributed by atoms with van der Waals surface area (Å²) >= 11 is 0. The number of rotatable bonds is 9. The number of benzene rings is 1. The molecule has 0 saturated heterocycles. The van der Waals surface area contributed by atoms with Crippen molar-refractivity contribution in [3.63, 3.8) is 0 Å². The van der Waals surface area contributed by atoms with Gasteiger partial charge < -0.3 is 15.2 Å². The number of hydrogen-bond donors (Lipinski definition) is 2. The number of ether oxygens (including phenoxy) is 1. The van der Waals surface area contributed by atoms with E-state index in [1.165, 1.54) is 5.56 Å².